The van der Waals surface area contributed by atoms with Gasteiger partial charge < -0.3 is 4.42 Å². The molecule has 0 spiro atoms. The fraction of sp³-hybridized carbons (Fsp3) is 0. The van der Waals surface area contributed by atoms with Crippen LogP contribution in [0.2, 0.25) is 0 Å². The third kappa shape index (κ3) is 5.48. The van der Waals surface area contributed by atoms with Gasteiger partial charge in [-0.25, -0.2) is 15.0 Å². The van der Waals surface area contributed by atoms with E-state index in [0.29, 0.717) is 17.5 Å². The monoisotopic (exact) mass is 733 g/mol. The molecule has 0 N–H and O–H groups in total. The summed E-state index contributed by atoms with van der Waals surface area (Å²) in [6.07, 6.45) is 0. The average molecular weight is 734 g/mol. The highest BCUT2D eigenvalue weighted by molar-refractivity contribution is 7.26. The Balaban J connectivity index is 1.14. The van der Waals surface area contributed by atoms with Gasteiger partial charge in [0.15, 0.2) is 17.5 Å². The summed E-state index contributed by atoms with van der Waals surface area (Å²) < 4.78 is 9.06. The van der Waals surface area contributed by atoms with E-state index < -0.39 is 0 Å². The van der Waals surface area contributed by atoms with Gasteiger partial charge in [-0.3, -0.25) is 0 Å². The number of rotatable bonds is 6. The van der Waals surface area contributed by atoms with Gasteiger partial charge in [0.25, 0.3) is 0 Å². The summed E-state index contributed by atoms with van der Waals surface area (Å²) in [4.78, 5) is 15.2. The van der Waals surface area contributed by atoms with Crippen LogP contribution in [0.25, 0.3) is 110 Å². The van der Waals surface area contributed by atoms with Gasteiger partial charge in [0, 0.05) is 53.2 Å². The molecule has 0 aliphatic carbocycles. The van der Waals surface area contributed by atoms with Crippen LogP contribution < -0.4 is 0 Å². The minimum Gasteiger partial charge on any atom is -0.455 e. The van der Waals surface area contributed by atoms with Gasteiger partial charge in [0.05, 0.1) is 0 Å². The lowest BCUT2D eigenvalue weighted by Gasteiger charge is -2.11. The highest BCUT2D eigenvalue weighted by Crippen LogP contribution is 2.47. The van der Waals surface area contributed by atoms with Crippen LogP contribution in [-0.2, 0) is 0 Å². The number of furan rings is 1. The summed E-state index contributed by atoms with van der Waals surface area (Å²) in [5, 5.41) is 4.55. The molecule has 0 saturated carbocycles. The van der Waals surface area contributed by atoms with Crippen LogP contribution in [0.15, 0.2) is 192 Å². The van der Waals surface area contributed by atoms with Crippen molar-refractivity contribution < 1.29 is 4.42 Å². The van der Waals surface area contributed by atoms with Gasteiger partial charge in [0.2, 0.25) is 0 Å². The third-order valence-electron chi connectivity index (χ3n) is 10.5. The van der Waals surface area contributed by atoms with Crippen LogP contribution in [-0.4, -0.2) is 15.0 Å². The number of para-hydroxylation sites is 1. The molecule has 3 aromatic heterocycles. The maximum Gasteiger partial charge on any atom is 0.165 e. The van der Waals surface area contributed by atoms with Crippen molar-refractivity contribution in [3.05, 3.63) is 188 Å². The summed E-state index contributed by atoms with van der Waals surface area (Å²) in [6.45, 7) is 0. The number of fused-ring (bicyclic) bond motifs is 6. The number of benzene rings is 8. The van der Waals surface area contributed by atoms with Gasteiger partial charge in [0.1, 0.15) is 11.2 Å². The van der Waals surface area contributed by atoms with E-state index in [1.807, 2.05) is 66.7 Å². The highest BCUT2D eigenvalue weighted by Gasteiger charge is 2.21. The zero-order valence-corrected chi connectivity index (χ0v) is 30.9. The molecule has 8 aromatic carbocycles. The molecule has 0 aliphatic rings. The first-order chi connectivity index (χ1) is 27.7. The molecule has 0 bridgehead atoms. The van der Waals surface area contributed by atoms with Crippen molar-refractivity contribution in [2.24, 2.45) is 0 Å². The van der Waals surface area contributed by atoms with Crippen LogP contribution in [0.5, 0.6) is 0 Å². The van der Waals surface area contributed by atoms with Gasteiger partial charge in [-0.15, -0.1) is 11.3 Å². The van der Waals surface area contributed by atoms with Crippen molar-refractivity contribution in [1.82, 2.24) is 15.0 Å². The highest BCUT2D eigenvalue weighted by atomic mass is 32.1. The zero-order chi connectivity index (χ0) is 37.0. The number of hydrogen-bond donors (Lipinski definition) is 0. The predicted octanol–water partition coefficient (Wildman–Crippen LogP) is 14.1. The Labute approximate surface area is 327 Å². The molecule has 0 aliphatic heterocycles. The van der Waals surface area contributed by atoms with Crippen molar-refractivity contribution in [1.29, 1.82) is 0 Å². The lowest BCUT2D eigenvalue weighted by atomic mass is 9.92. The number of nitrogens with zero attached hydrogens (tertiary/aromatic N) is 3. The molecule has 0 amide bonds. The van der Waals surface area contributed by atoms with Crippen molar-refractivity contribution in [2.75, 3.05) is 0 Å². The van der Waals surface area contributed by atoms with E-state index in [0.717, 1.165) is 71.0 Å². The average Bonchev–Trinajstić information content (AvgIpc) is 3.86. The second-order valence-electron chi connectivity index (χ2n) is 13.9. The maximum absolute atomic E-state index is 6.74. The molecule has 4 nitrogen and oxygen atoms in total. The molecule has 0 radical (unpaired) electrons. The van der Waals surface area contributed by atoms with Crippen molar-refractivity contribution in [3.8, 4) is 67.5 Å². The molecule has 0 atom stereocenters. The first-order valence-electron chi connectivity index (χ1n) is 18.7. The standard InChI is InChI=1S/C51H31N3OS/c1-4-15-32(16-5-1)35-21-12-22-36(29-35)37-30-42-38-23-10-11-27-44(38)55-47(42)43(31-37)39-24-14-28-45-46(39)40-25-13-26-41(48(40)56-45)51-53-49(33-17-6-2-7-18-33)52-50(54-51)34-19-8-3-9-20-34/h1-31H. The Morgan fingerprint density at radius 1 is 0.357 bits per heavy atom. The Bertz CT molecular complexity index is 3180. The summed E-state index contributed by atoms with van der Waals surface area (Å²) in [5.74, 6) is 1.94. The fourth-order valence-corrected chi connectivity index (χ4v) is 9.12. The first-order valence-corrected chi connectivity index (χ1v) is 19.5. The van der Waals surface area contributed by atoms with Gasteiger partial charge in [-0.05, 0) is 64.2 Å². The molecule has 0 fully saturated rings. The molecule has 262 valence electrons. The normalized spacial score (nSPS) is 11.6. The molecule has 11 rings (SSSR count). The second-order valence-corrected chi connectivity index (χ2v) is 15.0. The number of aromatic nitrogens is 3. The van der Waals surface area contributed by atoms with Crippen molar-refractivity contribution in [3.63, 3.8) is 0 Å². The van der Waals surface area contributed by atoms with E-state index in [-0.39, 0.29) is 0 Å². The third-order valence-corrected chi connectivity index (χ3v) is 11.7. The molecule has 5 heteroatoms. The molecule has 0 unspecified atom stereocenters. The van der Waals surface area contributed by atoms with Gasteiger partial charge in [-0.2, -0.15) is 0 Å². The molecular weight excluding hydrogens is 703 g/mol. The van der Waals surface area contributed by atoms with Gasteiger partial charge >= 0.3 is 0 Å². The van der Waals surface area contributed by atoms with Crippen LogP contribution in [0.1, 0.15) is 0 Å². The topological polar surface area (TPSA) is 51.8 Å². The Kier molecular flexibility index (Phi) is 7.64. The van der Waals surface area contributed by atoms with Crippen molar-refractivity contribution in [2.45, 2.75) is 0 Å². The van der Waals surface area contributed by atoms with Crippen LogP contribution in [0, 0.1) is 0 Å². The largest absolute Gasteiger partial charge is 0.455 e. The molecule has 0 saturated heterocycles. The van der Waals surface area contributed by atoms with Gasteiger partial charge in [-0.1, -0.05) is 152 Å². The number of thiophene rings is 1. The summed E-state index contributed by atoms with van der Waals surface area (Å²) in [6, 6.07) is 65.7. The fourth-order valence-electron chi connectivity index (χ4n) is 7.88. The maximum atomic E-state index is 6.74. The van der Waals surface area contributed by atoms with E-state index in [4.69, 9.17) is 19.4 Å². The Hall–Kier alpha value is -7.21. The van der Waals surface area contributed by atoms with Crippen LogP contribution >= 0.6 is 11.3 Å². The van der Waals surface area contributed by atoms with E-state index in [2.05, 4.69) is 121 Å². The van der Waals surface area contributed by atoms with E-state index in [9.17, 15) is 0 Å². The molecule has 11 aromatic rings. The Morgan fingerprint density at radius 2 is 0.911 bits per heavy atom. The lowest BCUT2D eigenvalue weighted by Crippen LogP contribution is -2.00. The van der Waals surface area contributed by atoms with E-state index in [1.54, 1.807) is 11.3 Å². The molecule has 56 heavy (non-hydrogen) atoms. The summed E-state index contributed by atoms with van der Waals surface area (Å²) in [5.41, 5.74) is 11.5. The lowest BCUT2D eigenvalue weighted by molar-refractivity contribution is 0.670. The molecule has 3 heterocycles. The zero-order valence-electron chi connectivity index (χ0n) is 30.1. The second kappa shape index (κ2) is 13.3. The van der Waals surface area contributed by atoms with E-state index in [1.165, 1.54) is 21.2 Å². The summed E-state index contributed by atoms with van der Waals surface area (Å²) in [7, 11) is 0. The van der Waals surface area contributed by atoms with E-state index >= 15 is 0 Å². The minimum absolute atomic E-state index is 0.647. The quantitative estimate of drug-likeness (QED) is 0.171. The summed E-state index contributed by atoms with van der Waals surface area (Å²) >= 11 is 1.77. The molecular formula is C51H31N3OS. The predicted molar refractivity (Wildman–Crippen MR) is 233 cm³/mol. The van der Waals surface area contributed by atoms with Crippen LogP contribution in [0.3, 0.4) is 0 Å². The SMILES string of the molecule is c1ccc(-c2cccc(-c3cc(-c4cccc5sc6c(-c7nc(-c8ccccc8)nc(-c8ccccc8)n7)cccc6c45)c4oc5ccccc5c4c3)c2)cc1. The van der Waals surface area contributed by atoms with Crippen molar-refractivity contribution >= 4 is 53.4 Å². The Morgan fingerprint density at radius 3 is 1.64 bits per heavy atom. The first kappa shape index (κ1) is 32.2. The van der Waals surface area contributed by atoms with Crippen LogP contribution in [0.4, 0.5) is 0 Å². The minimum atomic E-state index is 0.647. The smallest absolute Gasteiger partial charge is 0.165 e. The number of hydrogen-bond acceptors (Lipinski definition) is 5.